The van der Waals surface area contributed by atoms with Gasteiger partial charge < -0.3 is 9.47 Å². The first-order chi connectivity index (χ1) is 15.1. The van der Waals surface area contributed by atoms with Gasteiger partial charge in [-0.15, -0.1) is 0 Å². The summed E-state index contributed by atoms with van der Waals surface area (Å²) in [4.78, 5) is 24.7. The van der Waals surface area contributed by atoms with Crippen molar-refractivity contribution in [1.29, 1.82) is 0 Å². The molecule has 0 radical (unpaired) electrons. The Morgan fingerprint density at radius 1 is 1.03 bits per heavy atom. The molecule has 3 N–H and O–H groups in total. The second kappa shape index (κ2) is 12.5. The largest absolute Gasteiger partial charge is 0.492 e. The second-order valence-electron chi connectivity index (χ2n) is 7.12. The van der Waals surface area contributed by atoms with Gasteiger partial charge in [0, 0.05) is 8.95 Å². The molecule has 11 heteroatoms. The Morgan fingerprint density at radius 2 is 1.75 bits per heavy atom. The fraction of sp³-hybridized carbons (Fsp3) is 0.286. The third-order valence-corrected chi connectivity index (χ3v) is 5.59. The number of rotatable bonds is 7. The Labute approximate surface area is 217 Å². The number of nitrogens with one attached hydrogen (secondary N) is 3. The van der Waals surface area contributed by atoms with Gasteiger partial charge in [-0.1, -0.05) is 45.7 Å². The number of hydrogen-bond donors (Lipinski definition) is 3. The number of hydrazine groups is 1. The zero-order valence-electron chi connectivity index (χ0n) is 17.6. The average Bonchev–Trinajstić information content (AvgIpc) is 2.70. The van der Waals surface area contributed by atoms with Gasteiger partial charge in [0.15, 0.2) is 11.7 Å². The summed E-state index contributed by atoms with van der Waals surface area (Å²) in [6, 6.07) is 8.83. The van der Waals surface area contributed by atoms with Crippen LogP contribution in [0.5, 0.6) is 11.5 Å². The van der Waals surface area contributed by atoms with E-state index in [1.54, 1.807) is 18.2 Å². The molecule has 2 aromatic rings. The molecule has 0 aliphatic rings. The molecule has 2 amide bonds. The molecule has 0 atom stereocenters. The fourth-order valence-electron chi connectivity index (χ4n) is 2.44. The van der Waals surface area contributed by atoms with E-state index in [9.17, 15) is 9.59 Å². The molecule has 0 aromatic heterocycles. The summed E-state index contributed by atoms with van der Waals surface area (Å²) in [7, 11) is 0. The number of amides is 2. The highest BCUT2D eigenvalue weighted by molar-refractivity contribution is 9.11. The highest BCUT2D eigenvalue weighted by atomic mass is 79.9. The zero-order chi connectivity index (χ0) is 23.8. The van der Waals surface area contributed by atoms with Gasteiger partial charge in [0.25, 0.3) is 11.8 Å². The van der Waals surface area contributed by atoms with Crippen molar-refractivity contribution in [3.05, 3.63) is 54.9 Å². The molecule has 0 saturated heterocycles. The maximum absolute atomic E-state index is 12.6. The van der Waals surface area contributed by atoms with E-state index >= 15 is 0 Å². The molecule has 2 rings (SSSR count). The van der Waals surface area contributed by atoms with E-state index in [1.165, 1.54) is 0 Å². The van der Waals surface area contributed by atoms with Crippen molar-refractivity contribution in [2.45, 2.75) is 20.8 Å². The number of halogens is 3. The van der Waals surface area contributed by atoms with Gasteiger partial charge in [-0.3, -0.25) is 25.8 Å². The minimum atomic E-state index is -0.473. The average molecular weight is 652 g/mol. The number of carbonyl (C=O) groups excluding carboxylic acids is 2. The Hall–Kier alpha value is -1.69. The maximum atomic E-state index is 12.6. The number of benzene rings is 2. The van der Waals surface area contributed by atoms with Gasteiger partial charge in [0.2, 0.25) is 0 Å². The minimum Gasteiger partial charge on any atom is -0.492 e. The molecule has 0 bridgehead atoms. The maximum Gasteiger partial charge on any atom is 0.276 e. The standard InChI is InChI=1S/C21H22Br3N3O4S/c1-11(2)9-30-17-5-4-13(22)7-15(17)20(29)25-21(32)27-26-18(28)10-31-19-12(3)6-14(23)8-16(19)24/h4-8,11H,9-10H2,1-3H3,(H,26,28)(H2,25,27,29,32). The molecule has 0 saturated carbocycles. The molecule has 0 aliphatic heterocycles. The van der Waals surface area contributed by atoms with E-state index in [2.05, 4.69) is 64.0 Å². The number of aryl methyl sites for hydroxylation is 1. The third-order valence-electron chi connectivity index (χ3n) is 3.84. The highest BCUT2D eigenvalue weighted by Crippen LogP contribution is 2.32. The van der Waals surface area contributed by atoms with Crippen molar-refractivity contribution in [1.82, 2.24) is 16.2 Å². The van der Waals surface area contributed by atoms with Crippen molar-refractivity contribution >= 4 is 76.9 Å². The van der Waals surface area contributed by atoms with Crippen molar-refractivity contribution in [3.63, 3.8) is 0 Å². The van der Waals surface area contributed by atoms with Crippen LogP contribution < -0.4 is 25.6 Å². The summed E-state index contributed by atoms with van der Waals surface area (Å²) >= 11 is 15.2. The fourth-order valence-corrected chi connectivity index (χ4v) is 4.49. The van der Waals surface area contributed by atoms with Crippen molar-refractivity contribution in [2.24, 2.45) is 5.92 Å². The van der Waals surface area contributed by atoms with E-state index in [1.807, 2.05) is 32.9 Å². The molecule has 172 valence electrons. The van der Waals surface area contributed by atoms with Crippen LogP contribution in [0.2, 0.25) is 0 Å². The predicted octanol–water partition coefficient (Wildman–Crippen LogP) is 5.03. The van der Waals surface area contributed by atoms with Gasteiger partial charge in [0.05, 0.1) is 16.6 Å². The van der Waals surface area contributed by atoms with Gasteiger partial charge >= 0.3 is 0 Å². The van der Waals surface area contributed by atoms with Crippen LogP contribution >= 0.6 is 60.0 Å². The first-order valence-electron chi connectivity index (χ1n) is 9.47. The Balaban J connectivity index is 1.88. The molecule has 0 heterocycles. The smallest absolute Gasteiger partial charge is 0.276 e. The zero-order valence-corrected chi connectivity index (χ0v) is 23.1. The van der Waals surface area contributed by atoms with Crippen LogP contribution in [0.25, 0.3) is 0 Å². The summed E-state index contributed by atoms with van der Waals surface area (Å²) in [5.41, 5.74) is 6.06. The molecular weight excluding hydrogens is 630 g/mol. The summed E-state index contributed by atoms with van der Waals surface area (Å²) < 4.78 is 13.6. The Morgan fingerprint density at radius 3 is 2.41 bits per heavy atom. The molecule has 32 heavy (non-hydrogen) atoms. The van der Waals surface area contributed by atoms with Crippen LogP contribution in [0.1, 0.15) is 29.8 Å². The molecule has 0 unspecified atom stereocenters. The third kappa shape index (κ3) is 8.34. The minimum absolute atomic E-state index is 0.0702. The second-order valence-corrected chi connectivity index (χ2v) is 10.2. The topological polar surface area (TPSA) is 88.7 Å². The quantitative estimate of drug-likeness (QED) is 0.288. The number of hydrogen-bond acceptors (Lipinski definition) is 5. The van der Waals surface area contributed by atoms with Gasteiger partial charge in [-0.05, 0) is 76.9 Å². The summed E-state index contributed by atoms with van der Waals surface area (Å²) in [5.74, 6) is 0.358. The number of ether oxygens (including phenoxy) is 2. The lowest BCUT2D eigenvalue weighted by Crippen LogP contribution is -2.49. The SMILES string of the molecule is Cc1cc(Br)cc(Br)c1OCC(=O)NNC(=S)NC(=O)c1cc(Br)ccc1OCC(C)C. The van der Waals surface area contributed by atoms with Gasteiger partial charge in [-0.25, -0.2) is 0 Å². The predicted molar refractivity (Wildman–Crippen MR) is 138 cm³/mol. The lowest BCUT2D eigenvalue weighted by molar-refractivity contribution is -0.123. The van der Waals surface area contributed by atoms with Crippen molar-refractivity contribution in [2.75, 3.05) is 13.2 Å². The van der Waals surface area contributed by atoms with E-state index in [4.69, 9.17) is 21.7 Å². The first kappa shape index (κ1) is 26.6. The monoisotopic (exact) mass is 649 g/mol. The number of thiocarbonyl (C=S) groups is 1. The van der Waals surface area contributed by atoms with E-state index in [-0.39, 0.29) is 11.7 Å². The van der Waals surface area contributed by atoms with Gasteiger partial charge in [0.1, 0.15) is 11.5 Å². The van der Waals surface area contributed by atoms with E-state index in [0.717, 1.165) is 19.0 Å². The van der Waals surface area contributed by atoms with Crippen molar-refractivity contribution < 1.29 is 19.1 Å². The van der Waals surface area contributed by atoms with Crippen LogP contribution in [-0.4, -0.2) is 30.1 Å². The lowest BCUT2D eigenvalue weighted by Gasteiger charge is -2.15. The first-order valence-corrected chi connectivity index (χ1v) is 12.3. The van der Waals surface area contributed by atoms with Crippen LogP contribution in [-0.2, 0) is 4.79 Å². The van der Waals surface area contributed by atoms with Crippen LogP contribution in [0, 0.1) is 12.8 Å². The Bertz CT molecular complexity index is 995. The lowest BCUT2D eigenvalue weighted by atomic mass is 10.2. The molecule has 0 aliphatic carbocycles. The molecule has 0 spiro atoms. The van der Waals surface area contributed by atoms with Crippen LogP contribution in [0.4, 0.5) is 0 Å². The molecule has 0 fully saturated rings. The summed E-state index contributed by atoms with van der Waals surface area (Å²) in [6.45, 7) is 6.12. The highest BCUT2D eigenvalue weighted by Gasteiger charge is 2.16. The van der Waals surface area contributed by atoms with Crippen LogP contribution in [0.15, 0.2) is 43.7 Å². The van der Waals surface area contributed by atoms with Crippen molar-refractivity contribution in [3.8, 4) is 11.5 Å². The normalized spacial score (nSPS) is 10.5. The summed E-state index contributed by atoms with van der Waals surface area (Å²) in [5, 5.41) is 2.45. The van der Waals surface area contributed by atoms with Crippen LogP contribution in [0.3, 0.4) is 0 Å². The molecule has 7 nitrogen and oxygen atoms in total. The van der Waals surface area contributed by atoms with Gasteiger partial charge in [-0.2, -0.15) is 0 Å². The van der Waals surface area contributed by atoms with E-state index < -0.39 is 11.8 Å². The number of carbonyl (C=O) groups is 2. The molecule has 2 aromatic carbocycles. The Kier molecular flexibility index (Phi) is 10.4. The summed E-state index contributed by atoms with van der Waals surface area (Å²) in [6.07, 6.45) is 0. The van der Waals surface area contributed by atoms with E-state index in [0.29, 0.717) is 29.6 Å². The molecular formula is C21H22Br3N3O4S.